The lowest BCUT2D eigenvalue weighted by atomic mass is 10.1. The smallest absolute Gasteiger partial charge is 0.308 e. The quantitative estimate of drug-likeness (QED) is 0.918. The molecule has 3 rings (SSSR count). The van der Waals surface area contributed by atoms with Crippen LogP contribution >= 0.6 is 0 Å². The fourth-order valence-corrected chi connectivity index (χ4v) is 3.24. The highest BCUT2D eigenvalue weighted by Gasteiger charge is 2.32. The first-order valence-corrected chi connectivity index (χ1v) is 7.89. The van der Waals surface area contributed by atoms with E-state index in [1.807, 2.05) is 0 Å². The maximum Gasteiger partial charge on any atom is 0.308 e. The molecule has 22 heavy (non-hydrogen) atoms. The SMILES string of the molecule is O=C(O)[C@H]1CCN(C(=O)c2cccnc2N2CCCCC2)C1. The number of hydrogen-bond acceptors (Lipinski definition) is 4. The molecule has 1 atom stereocenters. The van der Waals surface area contributed by atoms with Crippen LogP contribution in [0.2, 0.25) is 0 Å². The Morgan fingerprint density at radius 2 is 1.95 bits per heavy atom. The van der Waals surface area contributed by atoms with Crippen molar-refractivity contribution in [3.8, 4) is 0 Å². The number of carboxylic acids is 1. The van der Waals surface area contributed by atoms with Crippen LogP contribution in [0.3, 0.4) is 0 Å². The molecule has 1 aromatic heterocycles. The van der Waals surface area contributed by atoms with Gasteiger partial charge in [0.25, 0.3) is 5.91 Å². The summed E-state index contributed by atoms with van der Waals surface area (Å²) in [7, 11) is 0. The zero-order chi connectivity index (χ0) is 15.5. The van der Waals surface area contributed by atoms with Crippen molar-refractivity contribution in [2.45, 2.75) is 25.7 Å². The Balaban J connectivity index is 1.79. The zero-order valence-electron chi connectivity index (χ0n) is 12.6. The van der Waals surface area contributed by atoms with E-state index in [9.17, 15) is 9.59 Å². The van der Waals surface area contributed by atoms with E-state index >= 15 is 0 Å². The minimum absolute atomic E-state index is 0.0996. The summed E-state index contributed by atoms with van der Waals surface area (Å²) in [5.41, 5.74) is 0.593. The van der Waals surface area contributed by atoms with Crippen molar-refractivity contribution in [1.29, 1.82) is 0 Å². The van der Waals surface area contributed by atoms with E-state index in [1.165, 1.54) is 6.42 Å². The molecule has 0 aromatic carbocycles. The lowest BCUT2D eigenvalue weighted by Gasteiger charge is -2.29. The van der Waals surface area contributed by atoms with Crippen molar-refractivity contribution in [1.82, 2.24) is 9.88 Å². The summed E-state index contributed by atoms with van der Waals surface area (Å²) in [5.74, 6) is -0.625. The molecule has 0 aliphatic carbocycles. The molecule has 0 spiro atoms. The topological polar surface area (TPSA) is 73.7 Å². The molecule has 0 bridgehead atoms. The molecule has 0 unspecified atom stereocenters. The fourth-order valence-electron chi connectivity index (χ4n) is 3.24. The van der Waals surface area contributed by atoms with Gasteiger partial charge in [-0.15, -0.1) is 0 Å². The van der Waals surface area contributed by atoms with Gasteiger partial charge in [0.05, 0.1) is 11.5 Å². The first-order chi connectivity index (χ1) is 10.7. The molecule has 0 radical (unpaired) electrons. The first kappa shape index (κ1) is 14.8. The van der Waals surface area contributed by atoms with Crippen LogP contribution in [-0.4, -0.2) is 53.0 Å². The second-order valence-corrected chi connectivity index (χ2v) is 6.00. The van der Waals surface area contributed by atoms with Crippen molar-refractivity contribution in [2.75, 3.05) is 31.1 Å². The summed E-state index contributed by atoms with van der Waals surface area (Å²) in [6.45, 7) is 2.65. The van der Waals surface area contributed by atoms with Gasteiger partial charge in [0, 0.05) is 32.4 Å². The number of likely N-dealkylation sites (tertiary alicyclic amines) is 1. The molecule has 1 N–H and O–H groups in total. The normalized spacial score (nSPS) is 21.9. The number of hydrogen-bond donors (Lipinski definition) is 1. The molecule has 0 saturated carbocycles. The number of carbonyl (C=O) groups is 2. The first-order valence-electron chi connectivity index (χ1n) is 7.89. The number of aromatic nitrogens is 1. The molecular formula is C16H21N3O3. The van der Waals surface area contributed by atoms with Crippen molar-refractivity contribution < 1.29 is 14.7 Å². The summed E-state index contributed by atoms with van der Waals surface area (Å²) >= 11 is 0. The number of nitrogens with zero attached hydrogens (tertiary/aromatic N) is 3. The van der Waals surface area contributed by atoms with Crippen LogP contribution in [0.15, 0.2) is 18.3 Å². The number of aliphatic carboxylic acids is 1. The van der Waals surface area contributed by atoms with Crippen LogP contribution in [0.25, 0.3) is 0 Å². The Bertz CT molecular complexity index is 570. The molecule has 2 aliphatic heterocycles. The van der Waals surface area contributed by atoms with Gasteiger partial charge in [-0.05, 0) is 37.8 Å². The van der Waals surface area contributed by atoms with E-state index in [1.54, 1.807) is 23.2 Å². The molecule has 6 heteroatoms. The minimum Gasteiger partial charge on any atom is -0.481 e. The average Bonchev–Trinajstić information content (AvgIpc) is 3.05. The Morgan fingerprint density at radius 3 is 2.64 bits per heavy atom. The molecule has 3 heterocycles. The van der Waals surface area contributed by atoms with E-state index < -0.39 is 11.9 Å². The van der Waals surface area contributed by atoms with Crippen molar-refractivity contribution in [3.63, 3.8) is 0 Å². The molecule has 1 aromatic rings. The van der Waals surface area contributed by atoms with E-state index in [4.69, 9.17) is 5.11 Å². The molecule has 1 amide bonds. The maximum atomic E-state index is 12.7. The second-order valence-electron chi connectivity index (χ2n) is 6.00. The van der Waals surface area contributed by atoms with E-state index in [2.05, 4.69) is 9.88 Å². The van der Waals surface area contributed by atoms with Gasteiger partial charge in [-0.3, -0.25) is 9.59 Å². The average molecular weight is 303 g/mol. The highest BCUT2D eigenvalue weighted by molar-refractivity contribution is 5.99. The number of amides is 1. The Hall–Kier alpha value is -2.11. The largest absolute Gasteiger partial charge is 0.481 e. The third-order valence-electron chi connectivity index (χ3n) is 4.50. The molecular weight excluding hydrogens is 282 g/mol. The van der Waals surface area contributed by atoms with Gasteiger partial charge < -0.3 is 14.9 Å². The molecule has 6 nitrogen and oxygen atoms in total. The van der Waals surface area contributed by atoms with Crippen molar-refractivity contribution >= 4 is 17.7 Å². The Morgan fingerprint density at radius 1 is 1.18 bits per heavy atom. The molecule has 2 aliphatic rings. The monoisotopic (exact) mass is 303 g/mol. The molecule has 2 fully saturated rings. The predicted octanol–water partition coefficient (Wildman–Crippen LogP) is 1.62. The Kier molecular flexibility index (Phi) is 4.27. The maximum absolute atomic E-state index is 12.7. The molecule has 2 saturated heterocycles. The Labute approximate surface area is 129 Å². The van der Waals surface area contributed by atoms with Crippen molar-refractivity contribution in [3.05, 3.63) is 23.9 Å². The molecule has 118 valence electrons. The summed E-state index contributed by atoms with van der Waals surface area (Å²) in [4.78, 5) is 32.0. The van der Waals surface area contributed by atoms with E-state index in [-0.39, 0.29) is 5.91 Å². The van der Waals surface area contributed by atoms with Gasteiger partial charge in [0.15, 0.2) is 0 Å². The predicted molar refractivity (Wildman–Crippen MR) is 81.9 cm³/mol. The third kappa shape index (κ3) is 2.91. The lowest BCUT2D eigenvalue weighted by molar-refractivity contribution is -0.141. The number of rotatable bonds is 3. The van der Waals surface area contributed by atoms with Gasteiger partial charge in [-0.25, -0.2) is 4.98 Å². The van der Waals surface area contributed by atoms with Gasteiger partial charge in [-0.1, -0.05) is 0 Å². The van der Waals surface area contributed by atoms with E-state index in [0.29, 0.717) is 25.1 Å². The van der Waals surface area contributed by atoms with Crippen LogP contribution in [0.4, 0.5) is 5.82 Å². The number of piperidine rings is 1. The number of anilines is 1. The minimum atomic E-state index is -0.822. The van der Waals surface area contributed by atoms with Crippen LogP contribution < -0.4 is 4.90 Å². The number of carboxylic acid groups (broad SMARTS) is 1. The highest BCUT2D eigenvalue weighted by atomic mass is 16.4. The lowest BCUT2D eigenvalue weighted by Crippen LogP contribution is -2.35. The van der Waals surface area contributed by atoms with E-state index in [0.717, 1.165) is 31.7 Å². The van der Waals surface area contributed by atoms with Gasteiger partial charge in [0.2, 0.25) is 0 Å². The summed E-state index contributed by atoms with van der Waals surface area (Å²) < 4.78 is 0. The third-order valence-corrected chi connectivity index (χ3v) is 4.50. The van der Waals surface area contributed by atoms with Gasteiger partial charge >= 0.3 is 5.97 Å². The highest BCUT2D eigenvalue weighted by Crippen LogP contribution is 2.25. The van der Waals surface area contributed by atoms with Crippen LogP contribution in [0.1, 0.15) is 36.0 Å². The van der Waals surface area contributed by atoms with Crippen LogP contribution in [0, 0.1) is 5.92 Å². The van der Waals surface area contributed by atoms with Crippen LogP contribution in [0.5, 0.6) is 0 Å². The number of pyridine rings is 1. The summed E-state index contributed by atoms with van der Waals surface area (Å²) in [6, 6.07) is 3.57. The second kappa shape index (κ2) is 6.34. The summed E-state index contributed by atoms with van der Waals surface area (Å²) in [5, 5.41) is 9.08. The number of carbonyl (C=O) groups excluding carboxylic acids is 1. The standard InChI is InChI=1S/C16H21N3O3/c20-15(19-10-6-12(11-19)16(21)22)13-5-4-7-17-14(13)18-8-2-1-3-9-18/h4-5,7,12H,1-3,6,8-11H2,(H,21,22)/t12-/m0/s1. The van der Waals surface area contributed by atoms with Crippen molar-refractivity contribution in [2.24, 2.45) is 5.92 Å². The van der Waals surface area contributed by atoms with Gasteiger partial charge in [0.1, 0.15) is 5.82 Å². The zero-order valence-corrected chi connectivity index (χ0v) is 12.6. The fraction of sp³-hybridized carbons (Fsp3) is 0.562. The van der Waals surface area contributed by atoms with Crippen LogP contribution in [-0.2, 0) is 4.79 Å². The summed E-state index contributed by atoms with van der Waals surface area (Å²) in [6.07, 6.45) is 5.70. The van der Waals surface area contributed by atoms with Gasteiger partial charge in [-0.2, -0.15) is 0 Å².